The molecule has 6 heteroatoms. The van der Waals surface area contributed by atoms with E-state index in [9.17, 15) is 0 Å². The van der Waals surface area contributed by atoms with Gasteiger partial charge in [-0.2, -0.15) is 4.98 Å². The lowest BCUT2D eigenvalue weighted by molar-refractivity contribution is 1.20. The molecule has 21 heavy (non-hydrogen) atoms. The fourth-order valence-electron chi connectivity index (χ4n) is 2.09. The van der Waals surface area contributed by atoms with Gasteiger partial charge in [0.05, 0.1) is 5.39 Å². The van der Waals surface area contributed by atoms with Crippen LogP contribution in [-0.4, -0.2) is 23.3 Å². The van der Waals surface area contributed by atoms with Gasteiger partial charge in [-0.15, -0.1) is 23.1 Å². The van der Waals surface area contributed by atoms with Crippen molar-refractivity contribution >= 4 is 50.8 Å². The van der Waals surface area contributed by atoms with Crippen LogP contribution in [0.5, 0.6) is 0 Å². The summed E-state index contributed by atoms with van der Waals surface area (Å²) in [6.07, 6.45) is 2.07. The van der Waals surface area contributed by atoms with Gasteiger partial charge >= 0.3 is 0 Å². The predicted molar refractivity (Wildman–Crippen MR) is 93.2 cm³/mol. The van der Waals surface area contributed by atoms with Crippen molar-refractivity contribution in [1.82, 2.24) is 9.97 Å². The molecule has 108 valence electrons. The number of nitrogens with zero attached hydrogens (tertiary/aromatic N) is 2. The topological polar surface area (TPSA) is 49.8 Å². The highest BCUT2D eigenvalue weighted by molar-refractivity contribution is 7.98. The van der Waals surface area contributed by atoms with E-state index in [1.165, 1.54) is 9.77 Å². The van der Waals surface area contributed by atoms with Gasteiger partial charge in [-0.25, -0.2) is 4.98 Å². The molecule has 2 N–H and O–H groups in total. The third-order valence-corrected chi connectivity index (χ3v) is 4.74. The fraction of sp³-hybridized carbons (Fsp3) is 0.200. The molecule has 1 aromatic carbocycles. The number of benzene rings is 1. The standard InChI is InChI=1S/C15H16N4S2/c1-9-7-12-13(18-15(16-2)19-14(12)21-9)17-10-5-4-6-11(8-10)20-3/h4-8H,1-3H3,(H2,16,17,18,19). The first-order valence-electron chi connectivity index (χ1n) is 6.56. The summed E-state index contributed by atoms with van der Waals surface area (Å²) in [5, 5.41) is 7.49. The van der Waals surface area contributed by atoms with Gasteiger partial charge in [0, 0.05) is 22.5 Å². The van der Waals surface area contributed by atoms with Crippen molar-refractivity contribution in [2.45, 2.75) is 11.8 Å². The Labute approximate surface area is 132 Å². The molecule has 3 aromatic rings. The lowest BCUT2D eigenvalue weighted by atomic mass is 10.3. The Kier molecular flexibility index (Phi) is 3.98. The van der Waals surface area contributed by atoms with E-state index in [-0.39, 0.29) is 0 Å². The number of aromatic nitrogens is 2. The summed E-state index contributed by atoms with van der Waals surface area (Å²) < 4.78 is 0. The number of hydrogen-bond donors (Lipinski definition) is 2. The number of thiophene rings is 1. The summed E-state index contributed by atoms with van der Waals surface area (Å²) in [4.78, 5) is 12.5. The number of rotatable bonds is 4. The Morgan fingerprint density at radius 1 is 1.19 bits per heavy atom. The fourth-order valence-corrected chi connectivity index (χ4v) is 3.43. The van der Waals surface area contributed by atoms with Crippen LogP contribution in [0.2, 0.25) is 0 Å². The molecule has 4 nitrogen and oxygen atoms in total. The maximum atomic E-state index is 4.55. The average molecular weight is 316 g/mol. The second kappa shape index (κ2) is 5.91. The van der Waals surface area contributed by atoms with Crippen LogP contribution < -0.4 is 10.6 Å². The minimum Gasteiger partial charge on any atom is -0.357 e. The van der Waals surface area contributed by atoms with Crippen molar-refractivity contribution in [2.24, 2.45) is 0 Å². The molecule has 0 amide bonds. The number of anilines is 3. The van der Waals surface area contributed by atoms with Crippen molar-refractivity contribution in [2.75, 3.05) is 23.9 Å². The van der Waals surface area contributed by atoms with Gasteiger partial charge in [0.2, 0.25) is 5.95 Å². The average Bonchev–Trinajstić information content (AvgIpc) is 2.88. The highest BCUT2D eigenvalue weighted by Gasteiger charge is 2.10. The Hall–Kier alpha value is -1.79. The molecule has 2 aromatic heterocycles. The van der Waals surface area contributed by atoms with E-state index >= 15 is 0 Å². The van der Waals surface area contributed by atoms with E-state index in [0.29, 0.717) is 5.95 Å². The molecule has 0 aliphatic carbocycles. The largest absolute Gasteiger partial charge is 0.357 e. The summed E-state index contributed by atoms with van der Waals surface area (Å²) in [6.45, 7) is 2.09. The van der Waals surface area contributed by atoms with Crippen LogP contribution in [0.4, 0.5) is 17.5 Å². The smallest absolute Gasteiger partial charge is 0.225 e. The summed E-state index contributed by atoms with van der Waals surface area (Å²) in [5.74, 6) is 1.47. The monoisotopic (exact) mass is 316 g/mol. The van der Waals surface area contributed by atoms with E-state index in [4.69, 9.17) is 0 Å². The maximum Gasteiger partial charge on any atom is 0.225 e. The van der Waals surface area contributed by atoms with E-state index in [0.717, 1.165) is 21.7 Å². The molecule has 0 unspecified atom stereocenters. The number of fused-ring (bicyclic) bond motifs is 1. The Morgan fingerprint density at radius 3 is 2.81 bits per heavy atom. The van der Waals surface area contributed by atoms with Crippen molar-refractivity contribution < 1.29 is 0 Å². The molecule has 3 rings (SSSR count). The third kappa shape index (κ3) is 2.96. The first kappa shape index (κ1) is 14.2. The van der Waals surface area contributed by atoms with E-state index in [1.807, 2.05) is 19.2 Å². The molecule has 0 fully saturated rings. The zero-order valence-corrected chi connectivity index (χ0v) is 13.7. The summed E-state index contributed by atoms with van der Waals surface area (Å²) >= 11 is 3.40. The van der Waals surface area contributed by atoms with Gasteiger partial charge in [-0.3, -0.25) is 0 Å². The van der Waals surface area contributed by atoms with Crippen molar-refractivity contribution in [1.29, 1.82) is 0 Å². The van der Waals surface area contributed by atoms with Crippen LogP contribution in [0.1, 0.15) is 4.88 Å². The number of thioether (sulfide) groups is 1. The second-order valence-electron chi connectivity index (χ2n) is 4.58. The van der Waals surface area contributed by atoms with Gasteiger partial charge in [0.1, 0.15) is 10.6 Å². The summed E-state index contributed by atoms with van der Waals surface area (Å²) in [6, 6.07) is 10.4. The Balaban J connectivity index is 2.05. The van der Waals surface area contributed by atoms with E-state index < -0.39 is 0 Å². The van der Waals surface area contributed by atoms with Crippen molar-refractivity contribution in [3.05, 3.63) is 35.2 Å². The summed E-state index contributed by atoms with van der Waals surface area (Å²) in [7, 11) is 1.83. The first-order chi connectivity index (χ1) is 10.2. The molecular formula is C15H16N4S2. The SMILES string of the molecule is CNc1nc(Nc2cccc(SC)c2)c2cc(C)sc2n1. The molecule has 0 spiro atoms. The predicted octanol–water partition coefficient (Wildman–Crippen LogP) is 4.51. The zero-order chi connectivity index (χ0) is 14.8. The molecule has 0 saturated carbocycles. The molecule has 0 saturated heterocycles. The second-order valence-corrected chi connectivity index (χ2v) is 6.69. The van der Waals surface area contributed by atoms with Crippen LogP contribution in [0.25, 0.3) is 10.2 Å². The quantitative estimate of drug-likeness (QED) is 0.694. The first-order valence-corrected chi connectivity index (χ1v) is 8.61. The van der Waals surface area contributed by atoms with Crippen LogP contribution >= 0.6 is 23.1 Å². The van der Waals surface area contributed by atoms with Gasteiger partial charge < -0.3 is 10.6 Å². The van der Waals surface area contributed by atoms with Crippen LogP contribution in [-0.2, 0) is 0 Å². The molecule has 0 aliphatic heterocycles. The highest BCUT2D eigenvalue weighted by atomic mass is 32.2. The molecule has 0 atom stereocenters. The van der Waals surface area contributed by atoms with Crippen molar-refractivity contribution in [3.63, 3.8) is 0 Å². The van der Waals surface area contributed by atoms with Gasteiger partial charge in [0.15, 0.2) is 0 Å². The van der Waals surface area contributed by atoms with Crippen molar-refractivity contribution in [3.8, 4) is 0 Å². The molecular weight excluding hydrogens is 300 g/mol. The van der Waals surface area contributed by atoms with Crippen LogP contribution in [0.3, 0.4) is 0 Å². The minimum absolute atomic E-state index is 0.632. The third-order valence-electron chi connectivity index (χ3n) is 3.07. The lowest BCUT2D eigenvalue weighted by Gasteiger charge is -2.09. The number of hydrogen-bond acceptors (Lipinski definition) is 6. The number of nitrogens with one attached hydrogen (secondary N) is 2. The zero-order valence-electron chi connectivity index (χ0n) is 12.1. The van der Waals surface area contributed by atoms with Gasteiger partial charge in [-0.1, -0.05) is 6.07 Å². The molecule has 0 aliphatic rings. The van der Waals surface area contributed by atoms with E-state index in [1.54, 1.807) is 23.1 Å². The molecule has 0 radical (unpaired) electrons. The van der Waals surface area contributed by atoms with Gasteiger partial charge in [0.25, 0.3) is 0 Å². The Bertz CT molecular complexity index is 782. The number of aryl methyl sites for hydroxylation is 1. The highest BCUT2D eigenvalue weighted by Crippen LogP contribution is 2.31. The van der Waals surface area contributed by atoms with Crippen LogP contribution in [0.15, 0.2) is 35.2 Å². The lowest BCUT2D eigenvalue weighted by Crippen LogP contribution is -2.00. The molecule has 0 bridgehead atoms. The molecule has 2 heterocycles. The summed E-state index contributed by atoms with van der Waals surface area (Å²) in [5.41, 5.74) is 1.03. The van der Waals surface area contributed by atoms with Gasteiger partial charge in [-0.05, 0) is 37.4 Å². The van der Waals surface area contributed by atoms with E-state index in [2.05, 4.69) is 52.0 Å². The minimum atomic E-state index is 0.632. The maximum absolute atomic E-state index is 4.55. The van der Waals surface area contributed by atoms with Crippen LogP contribution in [0, 0.1) is 6.92 Å². The Morgan fingerprint density at radius 2 is 2.05 bits per heavy atom. The normalized spacial score (nSPS) is 10.8.